The summed E-state index contributed by atoms with van der Waals surface area (Å²) in [4.78, 5) is 28.0. The fraction of sp³-hybridized carbons (Fsp3) is 0.256. The Morgan fingerprint density at radius 2 is 1.04 bits per heavy atom. The summed E-state index contributed by atoms with van der Waals surface area (Å²) < 4.78 is 36.4. The highest BCUT2D eigenvalue weighted by atomic mass is 16.7. The van der Waals surface area contributed by atoms with E-state index < -0.39 is 42.3 Å². The normalized spacial score (nSPS) is 20.1. The van der Waals surface area contributed by atoms with Crippen molar-refractivity contribution in [3.8, 4) is 11.5 Å². The van der Waals surface area contributed by atoms with Gasteiger partial charge in [0.15, 0.2) is 0 Å². The molecular weight excluding hydrogens is 644 g/mol. The summed E-state index contributed by atoms with van der Waals surface area (Å²) in [6.45, 7) is 0.425. The van der Waals surface area contributed by atoms with Gasteiger partial charge in [-0.2, -0.15) is 0 Å². The third-order valence-electron chi connectivity index (χ3n) is 9.14. The Morgan fingerprint density at radius 1 is 0.569 bits per heavy atom. The van der Waals surface area contributed by atoms with Gasteiger partial charge in [0.1, 0.15) is 17.6 Å². The predicted molar refractivity (Wildman–Crippen MR) is 192 cm³/mol. The van der Waals surface area contributed by atoms with Gasteiger partial charge in [-0.1, -0.05) is 103 Å². The second kappa shape index (κ2) is 17.5. The molecule has 1 aliphatic rings. The van der Waals surface area contributed by atoms with Crippen molar-refractivity contribution in [2.24, 2.45) is 11.8 Å². The molecule has 1 heterocycles. The van der Waals surface area contributed by atoms with Crippen molar-refractivity contribution in [1.82, 2.24) is 0 Å². The maximum Gasteiger partial charge on any atom is 0.350 e. The van der Waals surface area contributed by atoms with E-state index in [1.54, 1.807) is 38.5 Å². The topological polar surface area (TPSA) is 89.5 Å². The Kier molecular flexibility index (Phi) is 12.1. The van der Waals surface area contributed by atoms with Gasteiger partial charge in [0.25, 0.3) is 0 Å². The Hall–Kier alpha value is -5.44. The molecule has 0 N–H and O–H groups in total. The smallest absolute Gasteiger partial charge is 0.350 e. The van der Waals surface area contributed by atoms with E-state index in [4.69, 9.17) is 28.4 Å². The van der Waals surface area contributed by atoms with E-state index in [1.807, 2.05) is 115 Å². The molecule has 0 saturated carbocycles. The number of carbonyl (C=O) groups excluding carboxylic acids is 2. The van der Waals surface area contributed by atoms with Crippen LogP contribution in [-0.4, -0.2) is 44.7 Å². The number of rotatable bonds is 14. The van der Waals surface area contributed by atoms with E-state index in [0.29, 0.717) is 24.2 Å². The lowest BCUT2D eigenvalue weighted by atomic mass is 9.76. The highest BCUT2D eigenvalue weighted by molar-refractivity contribution is 5.91. The second-order valence-corrected chi connectivity index (χ2v) is 12.5. The van der Waals surface area contributed by atoms with Crippen LogP contribution in [-0.2, 0) is 49.8 Å². The zero-order valence-corrected chi connectivity index (χ0v) is 28.8. The first kappa shape index (κ1) is 35.4. The fourth-order valence-electron chi connectivity index (χ4n) is 6.43. The maximum atomic E-state index is 14.3. The van der Waals surface area contributed by atoms with Crippen LogP contribution in [0.1, 0.15) is 32.6 Å². The van der Waals surface area contributed by atoms with Gasteiger partial charge >= 0.3 is 11.9 Å². The summed E-state index contributed by atoms with van der Waals surface area (Å²) in [5.41, 5.74) is 4.11. The summed E-state index contributed by atoms with van der Waals surface area (Å²) in [7, 11) is 3.24. The first-order valence-corrected chi connectivity index (χ1v) is 17.0. The molecule has 0 spiro atoms. The van der Waals surface area contributed by atoms with Crippen LogP contribution >= 0.6 is 0 Å². The zero-order chi connectivity index (χ0) is 35.4. The summed E-state index contributed by atoms with van der Waals surface area (Å²) >= 11 is 0. The van der Waals surface area contributed by atoms with Gasteiger partial charge in [-0.25, -0.2) is 9.59 Å². The van der Waals surface area contributed by atoms with E-state index >= 15 is 0 Å². The van der Waals surface area contributed by atoms with E-state index in [-0.39, 0.29) is 13.2 Å². The highest BCUT2D eigenvalue weighted by Gasteiger charge is 2.50. The minimum Gasteiger partial charge on any atom is -0.497 e. The number of benzene rings is 5. The van der Waals surface area contributed by atoms with Crippen molar-refractivity contribution in [1.29, 1.82) is 0 Å². The third kappa shape index (κ3) is 9.42. The molecule has 0 aromatic heterocycles. The van der Waals surface area contributed by atoms with Gasteiger partial charge in [0.05, 0.1) is 33.0 Å². The van der Waals surface area contributed by atoms with Crippen molar-refractivity contribution in [3.05, 3.63) is 167 Å². The maximum absolute atomic E-state index is 14.3. The van der Waals surface area contributed by atoms with Gasteiger partial charge in [-0.3, -0.25) is 0 Å². The molecule has 0 radical (unpaired) electrons. The Morgan fingerprint density at radius 3 is 1.55 bits per heavy atom. The van der Waals surface area contributed by atoms with Crippen molar-refractivity contribution >= 4 is 11.9 Å². The molecule has 0 bridgehead atoms. The lowest BCUT2D eigenvalue weighted by Crippen LogP contribution is -2.44. The SMILES string of the molecule is COc1ccc(C[C@H]2[C@H](Cc3ccc(OC)cc3)[C@@H](OC(=O)c3ccccc3)C(=O)O[C@@H](OCc3ccccc3)[C@@H]2OCc2ccccc2)cc1. The molecule has 0 amide bonds. The molecule has 1 saturated heterocycles. The largest absolute Gasteiger partial charge is 0.497 e. The minimum absolute atomic E-state index is 0.177. The van der Waals surface area contributed by atoms with Crippen LogP contribution < -0.4 is 9.47 Å². The van der Waals surface area contributed by atoms with Crippen molar-refractivity contribution in [3.63, 3.8) is 0 Å². The Labute approximate surface area is 298 Å². The second-order valence-electron chi connectivity index (χ2n) is 12.5. The first-order valence-electron chi connectivity index (χ1n) is 17.0. The summed E-state index contributed by atoms with van der Waals surface area (Å²) in [5, 5.41) is 0. The minimum atomic E-state index is -1.27. The van der Waals surface area contributed by atoms with Crippen LogP contribution in [0, 0.1) is 11.8 Å². The number of methoxy groups -OCH3 is 2. The molecule has 51 heavy (non-hydrogen) atoms. The number of cyclic esters (lactones) is 1. The zero-order valence-electron chi connectivity index (χ0n) is 28.8. The third-order valence-corrected chi connectivity index (χ3v) is 9.14. The van der Waals surface area contributed by atoms with Gasteiger partial charge in [0.2, 0.25) is 12.4 Å². The molecule has 6 rings (SSSR count). The van der Waals surface area contributed by atoms with E-state index in [2.05, 4.69) is 0 Å². The molecule has 8 nitrogen and oxygen atoms in total. The van der Waals surface area contributed by atoms with Crippen molar-refractivity contribution in [2.75, 3.05) is 14.2 Å². The summed E-state index contributed by atoms with van der Waals surface area (Å²) in [5.74, 6) is -0.883. The number of ether oxygens (including phenoxy) is 6. The fourth-order valence-corrected chi connectivity index (χ4v) is 6.43. The summed E-state index contributed by atoms with van der Waals surface area (Å²) in [6.07, 6.45) is -2.28. The van der Waals surface area contributed by atoms with E-state index in [1.165, 1.54) is 0 Å². The molecule has 5 aromatic rings. The van der Waals surface area contributed by atoms with Crippen LogP contribution in [0.5, 0.6) is 11.5 Å². The molecule has 5 atom stereocenters. The monoisotopic (exact) mass is 686 g/mol. The molecule has 5 aromatic carbocycles. The van der Waals surface area contributed by atoms with Gasteiger partial charge in [0, 0.05) is 11.8 Å². The number of esters is 2. The molecule has 8 heteroatoms. The summed E-state index contributed by atoms with van der Waals surface area (Å²) in [6, 6.07) is 43.6. The molecule has 0 aliphatic carbocycles. The average Bonchev–Trinajstić information content (AvgIpc) is 3.28. The van der Waals surface area contributed by atoms with Gasteiger partial charge in [-0.15, -0.1) is 0 Å². The van der Waals surface area contributed by atoms with Crippen molar-refractivity contribution < 1.29 is 38.0 Å². The molecule has 1 fully saturated rings. The van der Waals surface area contributed by atoms with Gasteiger partial charge in [-0.05, 0) is 71.5 Å². The lowest BCUT2D eigenvalue weighted by Gasteiger charge is -2.35. The quantitative estimate of drug-likeness (QED) is 0.110. The number of hydrogen-bond acceptors (Lipinski definition) is 8. The Bertz CT molecular complexity index is 1810. The highest BCUT2D eigenvalue weighted by Crippen LogP contribution is 2.38. The first-order chi connectivity index (χ1) is 25.0. The average molecular weight is 687 g/mol. The Balaban J connectivity index is 1.44. The van der Waals surface area contributed by atoms with Gasteiger partial charge < -0.3 is 28.4 Å². The number of carbonyl (C=O) groups is 2. The molecule has 262 valence electrons. The predicted octanol–water partition coefficient (Wildman–Crippen LogP) is 7.63. The van der Waals surface area contributed by atoms with Crippen LogP contribution in [0.15, 0.2) is 140 Å². The van der Waals surface area contributed by atoms with Crippen LogP contribution in [0.2, 0.25) is 0 Å². The van der Waals surface area contributed by atoms with E-state index in [0.717, 1.165) is 28.0 Å². The van der Waals surface area contributed by atoms with Crippen LogP contribution in [0.4, 0.5) is 0 Å². The van der Waals surface area contributed by atoms with Crippen LogP contribution in [0.25, 0.3) is 0 Å². The van der Waals surface area contributed by atoms with Crippen molar-refractivity contribution in [2.45, 2.75) is 44.6 Å². The van der Waals surface area contributed by atoms with E-state index in [9.17, 15) is 9.59 Å². The molecule has 0 unspecified atom stereocenters. The number of hydrogen-bond donors (Lipinski definition) is 0. The molecule has 1 aliphatic heterocycles. The lowest BCUT2D eigenvalue weighted by molar-refractivity contribution is -0.222. The standard InChI is InChI=1S/C43H42O8/c1-46-35-22-18-30(19-23-35)26-37-38(27-31-20-24-36(47-2)25-21-31)40(48-28-32-12-6-3-7-13-32)43(49-29-33-14-8-4-9-15-33)51-42(45)39(37)50-41(44)34-16-10-5-11-17-34/h3-25,37-40,43H,26-29H2,1-2H3/t37-,38-,39+,40+,43+/m0/s1. The molecular formula is C43H42O8. The van der Waals surface area contributed by atoms with Crippen LogP contribution in [0.3, 0.4) is 0 Å².